The van der Waals surface area contributed by atoms with Crippen LogP contribution in [-0.4, -0.2) is 32.8 Å². The van der Waals surface area contributed by atoms with E-state index in [2.05, 4.69) is 5.32 Å². The van der Waals surface area contributed by atoms with Gasteiger partial charge in [-0.25, -0.2) is 0 Å². The third kappa shape index (κ3) is 3.16. The first-order valence-electron chi connectivity index (χ1n) is 8.44. The Labute approximate surface area is 156 Å². The molecule has 0 aromatic heterocycles. The summed E-state index contributed by atoms with van der Waals surface area (Å²) < 4.78 is 16.0. The summed E-state index contributed by atoms with van der Waals surface area (Å²) in [5.41, 5.74) is 2.62. The van der Waals surface area contributed by atoms with Gasteiger partial charge in [-0.3, -0.25) is 9.59 Å². The summed E-state index contributed by atoms with van der Waals surface area (Å²) in [5, 5.41) is 13.1. The first-order chi connectivity index (χ1) is 13.0. The van der Waals surface area contributed by atoms with Crippen LogP contribution in [0.2, 0.25) is 0 Å². The molecular formula is C20H21NO6. The highest BCUT2D eigenvalue weighted by Gasteiger charge is 2.28. The van der Waals surface area contributed by atoms with Gasteiger partial charge in [0.2, 0.25) is 17.6 Å². The predicted molar refractivity (Wildman–Crippen MR) is 99.7 cm³/mol. The molecule has 0 saturated heterocycles. The number of fused-ring (bicyclic) bond motifs is 3. The quantitative estimate of drug-likeness (QED) is 0.783. The number of methoxy groups -OCH3 is 3. The van der Waals surface area contributed by atoms with Crippen molar-refractivity contribution >= 4 is 6.41 Å². The normalized spacial score (nSPS) is 15.0. The minimum absolute atomic E-state index is 0.0288. The molecule has 1 atom stereocenters. The van der Waals surface area contributed by atoms with Gasteiger partial charge in [0.05, 0.1) is 27.4 Å². The van der Waals surface area contributed by atoms with E-state index in [1.807, 2.05) is 0 Å². The standard InChI is InChI=1S/C20H21NO6/c1-25-17-7-5-12-13(9-15(17)23)14(21-10-22)6-4-11-8-16(24)19(26-2)20(27-3)18(11)12/h5,7-10,14,24H,4,6H2,1-3H3,(H,21,22). The number of carbonyl (C=O) groups is 1. The number of nitrogens with one attached hydrogen (secondary N) is 1. The third-order valence-corrected chi connectivity index (χ3v) is 4.78. The minimum atomic E-state index is -0.368. The minimum Gasteiger partial charge on any atom is -0.504 e. The fourth-order valence-electron chi connectivity index (χ4n) is 3.59. The summed E-state index contributed by atoms with van der Waals surface area (Å²) in [5.74, 6) is 0.751. The van der Waals surface area contributed by atoms with Crippen LogP contribution in [0.3, 0.4) is 0 Å². The van der Waals surface area contributed by atoms with Gasteiger partial charge in [-0.05, 0) is 47.7 Å². The first kappa shape index (κ1) is 18.6. The van der Waals surface area contributed by atoms with Gasteiger partial charge in [0.15, 0.2) is 17.2 Å². The molecule has 2 N–H and O–H groups in total. The number of phenolic OH excluding ortho intramolecular Hbond substituents is 1. The van der Waals surface area contributed by atoms with E-state index in [0.29, 0.717) is 36.1 Å². The van der Waals surface area contributed by atoms with E-state index in [1.165, 1.54) is 27.4 Å². The highest BCUT2D eigenvalue weighted by molar-refractivity contribution is 5.82. The van der Waals surface area contributed by atoms with E-state index in [-0.39, 0.29) is 28.7 Å². The predicted octanol–water partition coefficient (Wildman–Crippen LogP) is 2.18. The first-order valence-corrected chi connectivity index (χ1v) is 8.44. The number of aryl methyl sites for hydroxylation is 1. The van der Waals surface area contributed by atoms with Crippen LogP contribution in [0.5, 0.6) is 23.0 Å². The summed E-state index contributed by atoms with van der Waals surface area (Å²) >= 11 is 0. The van der Waals surface area contributed by atoms with Crippen molar-refractivity contribution in [3.8, 4) is 34.1 Å². The van der Waals surface area contributed by atoms with Crippen molar-refractivity contribution in [2.45, 2.75) is 18.9 Å². The highest BCUT2D eigenvalue weighted by atomic mass is 16.5. The van der Waals surface area contributed by atoms with E-state index < -0.39 is 0 Å². The molecule has 0 spiro atoms. The van der Waals surface area contributed by atoms with E-state index in [0.717, 1.165) is 11.1 Å². The van der Waals surface area contributed by atoms with E-state index in [9.17, 15) is 14.7 Å². The molecule has 0 bridgehead atoms. The van der Waals surface area contributed by atoms with Crippen LogP contribution < -0.4 is 25.0 Å². The Morgan fingerprint density at radius 2 is 1.85 bits per heavy atom. The number of hydrogen-bond acceptors (Lipinski definition) is 6. The lowest BCUT2D eigenvalue weighted by molar-refractivity contribution is -0.110. The van der Waals surface area contributed by atoms with Crippen molar-refractivity contribution in [2.24, 2.45) is 0 Å². The summed E-state index contributed by atoms with van der Waals surface area (Å²) in [6.45, 7) is 0. The van der Waals surface area contributed by atoms with Crippen LogP contribution in [0.1, 0.15) is 23.6 Å². The molecule has 1 unspecified atom stereocenters. The maximum absolute atomic E-state index is 12.5. The number of ether oxygens (including phenoxy) is 3. The summed E-state index contributed by atoms with van der Waals surface area (Å²) in [4.78, 5) is 23.6. The van der Waals surface area contributed by atoms with Crippen LogP contribution >= 0.6 is 0 Å². The average molecular weight is 371 g/mol. The number of amides is 1. The molecule has 2 aromatic carbocycles. The zero-order valence-electron chi connectivity index (χ0n) is 15.4. The van der Waals surface area contributed by atoms with Crippen molar-refractivity contribution < 1.29 is 24.1 Å². The lowest BCUT2D eigenvalue weighted by atomic mass is 9.95. The number of benzene rings is 1. The topological polar surface area (TPSA) is 94.1 Å². The van der Waals surface area contributed by atoms with Crippen LogP contribution in [0.4, 0.5) is 0 Å². The summed E-state index contributed by atoms with van der Waals surface area (Å²) in [6, 6.07) is 6.09. The van der Waals surface area contributed by atoms with Crippen LogP contribution in [0, 0.1) is 0 Å². The SMILES string of the molecule is COc1c(O)cc2c(c1OC)-c1ccc(OC)c(=O)cc1C(NC=O)CC2. The van der Waals surface area contributed by atoms with Gasteiger partial charge < -0.3 is 24.6 Å². The summed E-state index contributed by atoms with van der Waals surface area (Å²) in [7, 11) is 4.37. The number of phenols is 1. The Balaban J connectivity index is 2.43. The molecule has 0 heterocycles. The maximum atomic E-state index is 12.5. The second kappa shape index (κ2) is 7.57. The molecule has 0 fully saturated rings. The molecule has 1 amide bonds. The van der Waals surface area contributed by atoms with Crippen LogP contribution in [0.15, 0.2) is 29.1 Å². The fraction of sp³-hybridized carbons (Fsp3) is 0.300. The molecular weight excluding hydrogens is 350 g/mol. The van der Waals surface area contributed by atoms with Crippen molar-refractivity contribution in [1.82, 2.24) is 5.32 Å². The van der Waals surface area contributed by atoms with Gasteiger partial charge in [-0.2, -0.15) is 0 Å². The molecule has 1 aliphatic rings. The largest absolute Gasteiger partial charge is 0.504 e. The monoisotopic (exact) mass is 371 g/mol. The van der Waals surface area contributed by atoms with Gasteiger partial charge in [0.25, 0.3) is 0 Å². The van der Waals surface area contributed by atoms with Crippen molar-refractivity contribution in [3.63, 3.8) is 0 Å². The fourth-order valence-corrected chi connectivity index (χ4v) is 3.59. The molecule has 7 heteroatoms. The number of rotatable bonds is 5. The van der Waals surface area contributed by atoms with Crippen molar-refractivity contribution in [1.29, 1.82) is 0 Å². The average Bonchev–Trinajstić information content (AvgIpc) is 2.90. The van der Waals surface area contributed by atoms with E-state index >= 15 is 0 Å². The second-order valence-corrected chi connectivity index (χ2v) is 6.15. The van der Waals surface area contributed by atoms with E-state index in [1.54, 1.807) is 18.2 Å². The van der Waals surface area contributed by atoms with Crippen LogP contribution in [0.25, 0.3) is 11.1 Å². The van der Waals surface area contributed by atoms with E-state index in [4.69, 9.17) is 14.2 Å². The molecule has 0 radical (unpaired) electrons. The Morgan fingerprint density at radius 1 is 1.11 bits per heavy atom. The lowest BCUT2D eigenvalue weighted by Gasteiger charge is -2.18. The summed E-state index contributed by atoms with van der Waals surface area (Å²) in [6.07, 6.45) is 1.74. The Hall–Kier alpha value is -3.22. The molecule has 1 aliphatic carbocycles. The van der Waals surface area contributed by atoms with Gasteiger partial charge >= 0.3 is 0 Å². The van der Waals surface area contributed by atoms with Crippen molar-refractivity contribution in [3.05, 3.63) is 45.6 Å². The molecule has 7 nitrogen and oxygen atoms in total. The molecule has 142 valence electrons. The lowest BCUT2D eigenvalue weighted by Crippen LogP contribution is -2.20. The van der Waals surface area contributed by atoms with Gasteiger partial charge in [0.1, 0.15) is 0 Å². The zero-order valence-corrected chi connectivity index (χ0v) is 15.4. The number of hydrogen-bond donors (Lipinski definition) is 2. The number of aromatic hydroxyl groups is 1. The smallest absolute Gasteiger partial charge is 0.220 e. The van der Waals surface area contributed by atoms with Gasteiger partial charge in [-0.15, -0.1) is 0 Å². The zero-order chi connectivity index (χ0) is 19.6. The Kier molecular flexibility index (Phi) is 5.21. The Bertz CT molecular complexity index is 941. The molecule has 2 aromatic rings. The van der Waals surface area contributed by atoms with Crippen LogP contribution in [-0.2, 0) is 11.2 Å². The highest BCUT2D eigenvalue weighted by Crippen LogP contribution is 2.49. The molecule has 0 aliphatic heterocycles. The molecule has 27 heavy (non-hydrogen) atoms. The van der Waals surface area contributed by atoms with Gasteiger partial charge in [-0.1, -0.05) is 6.07 Å². The maximum Gasteiger partial charge on any atom is 0.220 e. The number of carbonyl (C=O) groups excluding carboxylic acids is 1. The second-order valence-electron chi connectivity index (χ2n) is 6.15. The molecule has 3 rings (SSSR count). The van der Waals surface area contributed by atoms with Crippen molar-refractivity contribution in [2.75, 3.05) is 21.3 Å². The third-order valence-electron chi connectivity index (χ3n) is 4.78. The molecule has 0 saturated carbocycles. The Morgan fingerprint density at radius 3 is 2.48 bits per heavy atom. The van der Waals surface area contributed by atoms with Gasteiger partial charge in [0, 0.05) is 5.56 Å².